The van der Waals surface area contributed by atoms with Gasteiger partial charge in [-0.25, -0.2) is 4.79 Å². The molecule has 4 fully saturated rings. The minimum absolute atomic E-state index is 0.136. The predicted molar refractivity (Wildman–Crippen MR) is 108 cm³/mol. The van der Waals surface area contributed by atoms with E-state index in [1.807, 2.05) is 0 Å². The second kappa shape index (κ2) is 9.40. The van der Waals surface area contributed by atoms with Gasteiger partial charge in [-0.1, -0.05) is 13.8 Å². The smallest absolute Gasteiger partial charge is 0.460 e. The van der Waals surface area contributed by atoms with Gasteiger partial charge < -0.3 is 14.2 Å². The fourth-order valence-corrected chi connectivity index (χ4v) is 6.11. The highest BCUT2D eigenvalue weighted by atomic mass is 32.2. The van der Waals surface area contributed by atoms with E-state index in [9.17, 15) is 40.0 Å². The summed E-state index contributed by atoms with van der Waals surface area (Å²) in [6, 6.07) is 0. The van der Waals surface area contributed by atoms with Crippen molar-refractivity contribution in [1.29, 1.82) is 0 Å². The van der Waals surface area contributed by atoms with Crippen molar-refractivity contribution in [2.75, 3.05) is 13.2 Å². The maximum Gasteiger partial charge on any atom is 0.468 e. The molecule has 1 unspecified atom stereocenters. The number of hydrogen-bond acceptors (Lipinski definition) is 7. The maximum absolute atomic E-state index is 14.3. The van der Waals surface area contributed by atoms with Crippen LogP contribution >= 0.6 is 0 Å². The van der Waals surface area contributed by atoms with E-state index in [1.54, 1.807) is 0 Å². The Morgan fingerprint density at radius 2 is 1.49 bits per heavy atom. The lowest BCUT2D eigenvalue weighted by atomic mass is 9.49. The quantitative estimate of drug-likeness (QED) is 0.192. The molecule has 0 aromatic carbocycles. The van der Waals surface area contributed by atoms with Gasteiger partial charge in [0.1, 0.15) is 0 Å². The first-order valence-corrected chi connectivity index (χ1v) is 12.8. The highest BCUT2D eigenvalue weighted by Crippen LogP contribution is 2.61. The molecule has 0 heterocycles. The second-order valence-corrected chi connectivity index (χ2v) is 12.0. The van der Waals surface area contributed by atoms with Crippen LogP contribution in [0.5, 0.6) is 0 Å². The third-order valence-corrected chi connectivity index (χ3v) is 7.93. The number of rotatable bonds is 10. The monoisotopic (exact) mass is 536 g/mol. The normalized spacial score (nSPS) is 30.3. The zero-order valence-electron chi connectivity index (χ0n) is 19.3. The molecule has 4 aliphatic rings. The maximum atomic E-state index is 14.3. The van der Waals surface area contributed by atoms with Crippen molar-refractivity contribution in [3.8, 4) is 0 Å². The molecule has 0 radical (unpaired) electrons. The summed E-state index contributed by atoms with van der Waals surface area (Å²) in [5.74, 6) is -7.88. The molecular weight excluding hydrogens is 507 g/mol. The minimum atomic E-state index is -5.97. The first-order chi connectivity index (χ1) is 15.9. The van der Waals surface area contributed by atoms with Crippen LogP contribution in [0.25, 0.3) is 0 Å². The highest BCUT2D eigenvalue weighted by Gasteiger charge is 2.70. The van der Waals surface area contributed by atoms with Crippen LogP contribution in [0, 0.1) is 29.1 Å². The Bertz CT molecular complexity index is 897. The first-order valence-electron chi connectivity index (χ1n) is 11.4. The molecule has 14 heteroatoms. The molecule has 4 saturated carbocycles. The van der Waals surface area contributed by atoms with E-state index >= 15 is 0 Å². The fourth-order valence-electron chi connectivity index (χ4n) is 5.76. The summed E-state index contributed by atoms with van der Waals surface area (Å²) in [6.45, 7) is 0.836. The average molecular weight is 537 g/mol. The van der Waals surface area contributed by atoms with Crippen LogP contribution in [-0.2, 0) is 33.9 Å². The molecule has 0 spiro atoms. The largest absolute Gasteiger partial charge is 0.468 e. The van der Waals surface area contributed by atoms with Crippen molar-refractivity contribution in [3.05, 3.63) is 0 Å². The second-order valence-electron chi connectivity index (χ2n) is 10.4. The van der Waals surface area contributed by atoms with Gasteiger partial charge in [0.15, 0.2) is 0 Å². The number of halogens is 5. The third-order valence-electron chi connectivity index (χ3n) is 6.97. The van der Waals surface area contributed by atoms with Gasteiger partial charge in [0, 0.05) is 0 Å². The van der Waals surface area contributed by atoms with E-state index in [0.717, 1.165) is 19.3 Å². The molecule has 0 aliphatic heterocycles. The Morgan fingerprint density at radius 1 is 1.00 bits per heavy atom. The van der Waals surface area contributed by atoms with Gasteiger partial charge in [0.05, 0.1) is 25.0 Å². The van der Waals surface area contributed by atoms with E-state index in [2.05, 4.69) is 9.47 Å². The number of carbonyl (C=O) groups is 2. The van der Waals surface area contributed by atoms with Crippen LogP contribution in [0.15, 0.2) is 0 Å². The van der Waals surface area contributed by atoms with Crippen LogP contribution < -0.4 is 0 Å². The minimum Gasteiger partial charge on any atom is -0.460 e. The average Bonchev–Trinajstić information content (AvgIpc) is 2.68. The van der Waals surface area contributed by atoms with Crippen molar-refractivity contribution < 1.29 is 58.7 Å². The topological polar surface area (TPSA) is 116 Å². The Kier molecular flexibility index (Phi) is 7.53. The van der Waals surface area contributed by atoms with E-state index in [-0.39, 0.29) is 37.0 Å². The molecule has 0 aromatic heterocycles. The molecule has 0 aromatic rings. The van der Waals surface area contributed by atoms with E-state index in [1.165, 1.54) is 13.8 Å². The standard InChI is InChI=1S/C21H29F5O8S/c1-12(2)11-32-17(28)20(21(24,25)26,33-4-3-19(22,23)35(29,30)31)34-16(27)18-8-13-5-14(9-18)7-15(6-13)10-18/h12-15H,3-11H2,1-2H3,(H,29,30,31). The molecule has 4 rings (SSSR count). The zero-order chi connectivity index (χ0) is 26.4. The summed E-state index contributed by atoms with van der Waals surface area (Å²) in [5.41, 5.74) is -1.26. The van der Waals surface area contributed by atoms with Gasteiger partial charge in [-0.2, -0.15) is 30.4 Å². The fraction of sp³-hybridized carbons (Fsp3) is 0.905. The van der Waals surface area contributed by atoms with Crippen LogP contribution in [0.2, 0.25) is 0 Å². The highest BCUT2D eigenvalue weighted by molar-refractivity contribution is 7.86. The summed E-state index contributed by atoms with van der Waals surface area (Å²) >= 11 is 0. The molecule has 1 N–H and O–H groups in total. The summed E-state index contributed by atoms with van der Waals surface area (Å²) in [6.07, 6.45) is -4.25. The summed E-state index contributed by atoms with van der Waals surface area (Å²) < 4.78 is 114. The Hall–Kier alpha value is -1.54. The molecule has 8 nitrogen and oxygen atoms in total. The molecule has 35 heavy (non-hydrogen) atoms. The van der Waals surface area contributed by atoms with Crippen molar-refractivity contribution in [3.63, 3.8) is 0 Å². The molecule has 4 bridgehead atoms. The van der Waals surface area contributed by atoms with Crippen molar-refractivity contribution >= 4 is 22.1 Å². The lowest BCUT2D eigenvalue weighted by molar-refractivity contribution is -0.360. The molecule has 4 aliphatic carbocycles. The van der Waals surface area contributed by atoms with Gasteiger partial charge in [-0.3, -0.25) is 9.35 Å². The predicted octanol–water partition coefficient (Wildman–Crippen LogP) is 4.09. The number of hydrogen-bond donors (Lipinski definition) is 1. The van der Waals surface area contributed by atoms with Crippen LogP contribution in [0.3, 0.4) is 0 Å². The van der Waals surface area contributed by atoms with E-state index in [0.29, 0.717) is 0 Å². The molecule has 0 saturated heterocycles. The number of esters is 2. The summed E-state index contributed by atoms with van der Waals surface area (Å²) in [4.78, 5) is 25.9. The lowest BCUT2D eigenvalue weighted by Gasteiger charge is -2.55. The SMILES string of the molecule is CC(C)COC(=O)C(OCCC(F)(F)S(=O)(=O)O)(OC(=O)C12CC3CC(CC(C3)C1)C2)C(F)(F)F. The van der Waals surface area contributed by atoms with Crippen molar-refractivity contribution in [2.45, 2.75) is 76.0 Å². The van der Waals surface area contributed by atoms with Crippen molar-refractivity contribution in [1.82, 2.24) is 0 Å². The molecule has 202 valence electrons. The van der Waals surface area contributed by atoms with Crippen molar-refractivity contribution in [2.24, 2.45) is 29.1 Å². The molecule has 0 amide bonds. The number of carbonyl (C=O) groups excluding carboxylic acids is 2. The van der Waals surface area contributed by atoms with Crippen LogP contribution in [-0.4, -0.2) is 55.3 Å². The third kappa shape index (κ3) is 5.58. The zero-order valence-corrected chi connectivity index (χ0v) is 20.1. The van der Waals surface area contributed by atoms with E-state index < -0.39 is 70.2 Å². The number of alkyl halides is 5. The van der Waals surface area contributed by atoms with Gasteiger partial charge in [-0.15, -0.1) is 0 Å². The van der Waals surface area contributed by atoms with Gasteiger partial charge in [0.25, 0.3) is 0 Å². The summed E-state index contributed by atoms with van der Waals surface area (Å²) in [7, 11) is -5.97. The number of ether oxygens (including phenoxy) is 3. The Morgan fingerprint density at radius 3 is 1.89 bits per heavy atom. The van der Waals surface area contributed by atoms with Crippen LogP contribution in [0.1, 0.15) is 58.8 Å². The van der Waals surface area contributed by atoms with Gasteiger partial charge >= 0.3 is 39.3 Å². The van der Waals surface area contributed by atoms with Crippen LogP contribution in [0.4, 0.5) is 22.0 Å². The van der Waals surface area contributed by atoms with Gasteiger partial charge in [0.2, 0.25) is 0 Å². The molecule has 1 atom stereocenters. The molecular formula is C21H29F5O8S. The summed E-state index contributed by atoms with van der Waals surface area (Å²) in [5, 5.41) is -4.86. The Balaban J connectivity index is 1.90. The Labute approximate surface area is 199 Å². The van der Waals surface area contributed by atoms with E-state index in [4.69, 9.17) is 9.29 Å². The van der Waals surface area contributed by atoms with Gasteiger partial charge in [-0.05, 0) is 62.2 Å². The first kappa shape index (κ1) is 28.0. The lowest BCUT2D eigenvalue weighted by Crippen LogP contribution is -2.61.